The van der Waals surface area contributed by atoms with E-state index in [9.17, 15) is 0 Å². The highest BCUT2D eigenvalue weighted by Gasteiger charge is 2.21. The topological polar surface area (TPSA) is 72.9 Å². The van der Waals surface area contributed by atoms with Crippen LogP contribution in [0.2, 0.25) is 0 Å². The van der Waals surface area contributed by atoms with Gasteiger partial charge in [-0.25, -0.2) is 28.2 Å². The van der Waals surface area contributed by atoms with Crippen molar-refractivity contribution in [3.8, 4) is 44.5 Å². The molecule has 0 aliphatic carbocycles. The Labute approximate surface area is 327 Å². The molecule has 0 fully saturated rings. The van der Waals surface area contributed by atoms with Gasteiger partial charge in [-0.05, 0) is 101 Å². The van der Waals surface area contributed by atoms with Crippen LogP contribution in [0.4, 0.5) is 0 Å². The summed E-state index contributed by atoms with van der Waals surface area (Å²) >= 11 is 0. The Bertz CT molecular complexity index is 2490. The molecule has 0 aromatic carbocycles. The first-order chi connectivity index (χ1) is 27.5. The summed E-state index contributed by atoms with van der Waals surface area (Å²) in [5.74, 6) is 0. The number of nitrogens with one attached hydrogen (secondary N) is 2. The van der Waals surface area contributed by atoms with Gasteiger partial charge >= 0.3 is 0 Å². The smallest absolute Gasteiger partial charge is 0.176 e. The van der Waals surface area contributed by atoms with Crippen molar-refractivity contribution < 1.29 is 18.3 Å². The molecule has 274 valence electrons. The van der Waals surface area contributed by atoms with E-state index in [0.29, 0.717) is 0 Å². The molecule has 0 spiro atoms. The molecule has 0 unspecified atom stereocenters. The van der Waals surface area contributed by atoms with E-state index >= 15 is 0 Å². The highest BCUT2D eigenvalue weighted by Crippen LogP contribution is 2.37. The van der Waals surface area contributed by atoms with Crippen molar-refractivity contribution in [3.63, 3.8) is 0 Å². The Kier molecular flexibility index (Phi) is 9.23. The molecule has 7 aromatic rings. The summed E-state index contributed by atoms with van der Waals surface area (Å²) in [4.78, 5) is 18.7. The third-order valence-corrected chi connectivity index (χ3v) is 10.8. The third kappa shape index (κ3) is 6.43. The van der Waals surface area contributed by atoms with Crippen molar-refractivity contribution in [3.05, 3.63) is 145 Å². The molecule has 8 heteroatoms. The third-order valence-electron chi connectivity index (χ3n) is 10.8. The molecule has 7 aromatic heterocycles. The van der Waals surface area contributed by atoms with Gasteiger partial charge in [0.1, 0.15) is 26.2 Å². The molecule has 56 heavy (non-hydrogen) atoms. The lowest BCUT2D eigenvalue weighted by molar-refractivity contribution is -0.693. The molecular formula is C48H46N8+4. The van der Waals surface area contributed by atoms with Gasteiger partial charge in [-0.15, -0.1) is 0 Å². The van der Waals surface area contributed by atoms with Crippen molar-refractivity contribution in [2.45, 2.75) is 53.9 Å². The maximum atomic E-state index is 5.48. The largest absolute Gasteiger partial charge is 0.354 e. The molecule has 0 saturated heterocycles. The maximum Gasteiger partial charge on any atom is 0.176 e. The summed E-state index contributed by atoms with van der Waals surface area (Å²) < 4.78 is 8.85. The van der Waals surface area contributed by atoms with Gasteiger partial charge in [0.15, 0.2) is 49.6 Å². The van der Waals surface area contributed by atoms with E-state index in [4.69, 9.17) is 9.97 Å². The van der Waals surface area contributed by atoms with Crippen LogP contribution >= 0.6 is 0 Å². The Morgan fingerprint density at radius 1 is 0.375 bits per heavy atom. The first kappa shape index (κ1) is 34.9. The van der Waals surface area contributed by atoms with Crippen molar-refractivity contribution in [2.75, 3.05) is 0 Å². The molecule has 0 amide bonds. The normalized spacial score (nSPS) is 12.1. The molecule has 8 nitrogen and oxygen atoms in total. The van der Waals surface area contributed by atoms with Crippen LogP contribution in [0.3, 0.4) is 0 Å². The second-order valence-corrected chi connectivity index (χ2v) is 14.2. The van der Waals surface area contributed by atoms with Crippen molar-refractivity contribution >= 4 is 46.4 Å². The quantitative estimate of drug-likeness (QED) is 0.154. The number of fused-ring (bicyclic) bond motifs is 8. The minimum Gasteiger partial charge on any atom is -0.354 e. The average molecular weight is 735 g/mol. The van der Waals surface area contributed by atoms with E-state index in [0.717, 1.165) is 116 Å². The number of H-pyrrole nitrogens is 2. The highest BCUT2D eigenvalue weighted by molar-refractivity contribution is 5.99. The monoisotopic (exact) mass is 734 g/mol. The summed E-state index contributed by atoms with van der Waals surface area (Å²) in [5, 5.41) is 0. The van der Waals surface area contributed by atoms with Gasteiger partial charge in [0.2, 0.25) is 0 Å². The Balaban J connectivity index is 1.47. The second-order valence-electron chi connectivity index (χ2n) is 14.2. The standard InChI is InChI=1S/C48H46N8/c1-5-53-25-9-13-33(29-53)45-37-17-19-39(49-37)46(34-14-10-26-54(6-2)30-34)41-21-23-43(51-41)48(36-16-12-28-56(8-4)32-36)44-24-22-42(52-44)47(40-20-18-38(45)50-40)35-15-11-27-55(7-3)31-35/h9-32,49,52H,5-8H2,1-4H3/q+4. The Hall–Kier alpha value is -6.80. The number of aromatic amines is 2. The van der Waals surface area contributed by atoms with E-state index in [2.05, 4.69) is 203 Å². The van der Waals surface area contributed by atoms with Crippen LogP contribution in [-0.4, -0.2) is 19.9 Å². The highest BCUT2D eigenvalue weighted by atomic mass is 14.9. The lowest BCUT2D eigenvalue weighted by Crippen LogP contribution is -2.31. The lowest BCUT2D eigenvalue weighted by atomic mass is 10.1. The summed E-state index contributed by atoms with van der Waals surface area (Å²) in [6.07, 6.45) is 26.0. The molecule has 2 aliphatic rings. The van der Waals surface area contributed by atoms with Crippen LogP contribution in [-0.2, 0) is 26.2 Å². The summed E-state index contributed by atoms with van der Waals surface area (Å²) in [6, 6.07) is 25.9. The number of hydrogen-bond acceptors (Lipinski definition) is 2. The summed E-state index contributed by atoms with van der Waals surface area (Å²) in [7, 11) is 0. The molecule has 9 heterocycles. The second kappa shape index (κ2) is 14.8. The molecular weight excluding hydrogens is 689 g/mol. The lowest BCUT2D eigenvalue weighted by Gasteiger charge is -2.06. The summed E-state index contributed by atoms with van der Waals surface area (Å²) in [5.41, 5.74) is 16.1. The number of rotatable bonds is 8. The van der Waals surface area contributed by atoms with Crippen LogP contribution in [0, 0.1) is 0 Å². The van der Waals surface area contributed by atoms with Gasteiger partial charge < -0.3 is 9.97 Å². The predicted molar refractivity (Wildman–Crippen MR) is 224 cm³/mol. The van der Waals surface area contributed by atoms with Crippen molar-refractivity contribution in [1.29, 1.82) is 0 Å². The van der Waals surface area contributed by atoms with E-state index in [-0.39, 0.29) is 0 Å². The van der Waals surface area contributed by atoms with Crippen molar-refractivity contribution in [1.82, 2.24) is 19.9 Å². The van der Waals surface area contributed by atoms with Crippen LogP contribution in [0.1, 0.15) is 50.5 Å². The van der Waals surface area contributed by atoms with Crippen LogP contribution in [0.15, 0.2) is 122 Å². The van der Waals surface area contributed by atoms with Gasteiger partial charge in [0.25, 0.3) is 0 Å². The summed E-state index contributed by atoms with van der Waals surface area (Å²) in [6.45, 7) is 12.1. The van der Waals surface area contributed by atoms with Crippen LogP contribution < -0.4 is 18.3 Å². The number of aromatic nitrogens is 8. The maximum absolute atomic E-state index is 5.48. The first-order valence-corrected chi connectivity index (χ1v) is 19.7. The fraction of sp³-hybridized carbons (Fsp3) is 0.167. The van der Waals surface area contributed by atoms with Crippen LogP contribution in [0.25, 0.3) is 90.9 Å². The van der Waals surface area contributed by atoms with Crippen molar-refractivity contribution in [2.24, 2.45) is 0 Å². The molecule has 8 bridgehead atoms. The fourth-order valence-corrected chi connectivity index (χ4v) is 7.89. The Morgan fingerprint density at radius 2 is 0.625 bits per heavy atom. The van der Waals surface area contributed by atoms with Gasteiger partial charge in [-0.1, -0.05) is 0 Å². The first-order valence-electron chi connectivity index (χ1n) is 19.7. The van der Waals surface area contributed by atoms with Gasteiger partial charge in [-0.2, -0.15) is 0 Å². The zero-order valence-electron chi connectivity index (χ0n) is 32.4. The number of hydrogen-bond donors (Lipinski definition) is 2. The minimum atomic E-state index is 0.865. The SMILES string of the molecule is CC[n+]1cccc(-c2c3nc(c(-c4ccc[n+](CC)c4)c4ccc([nH]4)c(-c4ccc[n+](CC)c4)c4nc(c(-c5ccc[n+](CC)c5)c5ccc2[nH]5)C=C4)C=C3)c1. The van der Waals surface area contributed by atoms with E-state index in [1.807, 2.05) is 0 Å². The fourth-order valence-electron chi connectivity index (χ4n) is 7.89. The zero-order valence-corrected chi connectivity index (χ0v) is 32.4. The number of pyridine rings is 4. The molecule has 2 N–H and O–H groups in total. The molecule has 0 saturated carbocycles. The predicted octanol–water partition coefficient (Wildman–Crippen LogP) is 8.55. The van der Waals surface area contributed by atoms with Gasteiger partial charge in [0, 0.05) is 90.8 Å². The molecule has 0 radical (unpaired) electrons. The van der Waals surface area contributed by atoms with E-state index in [1.165, 1.54) is 0 Å². The molecule has 0 atom stereocenters. The van der Waals surface area contributed by atoms with Gasteiger partial charge in [-0.3, -0.25) is 0 Å². The van der Waals surface area contributed by atoms with E-state index < -0.39 is 0 Å². The molecule has 9 rings (SSSR count). The zero-order chi connectivity index (χ0) is 38.2. The minimum absolute atomic E-state index is 0.865. The number of nitrogens with zero attached hydrogens (tertiary/aromatic N) is 6. The Morgan fingerprint density at radius 3 is 0.857 bits per heavy atom. The number of aryl methyl sites for hydroxylation is 4. The van der Waals surface area contributed by atoms with Gasteiger partial charge in [0.05, 0.1) is 22.8 Å². The molecule has 2 aliphatic heterocycles. The van der Waals surface area contributed by atoms with E-state index in [1.54, 1.807) is 0 Å². The van der Waals surface area contributed by atoms with Crippen LogP contribution in [0.5, 0.6) is 0 Å². The average Bonchev–Trinajstić information content (AvgIpc) is 4.09.